The lowest BCUT2D eigenvalue weighted by atomic mass is 10.0. The van der Waals surface area contributed by atoms with E-state index in [0.717, 1.165) is 25.9 Å². The van der Waals surface area contributed by atoms with Crippen molar-refractivity contribution in [3.63, 3.8) is 0 Å². The van der Waals surface area contributed by atoms with E-state index >= 15 is 0 Å². The van der Waals surface area contributed by atoms with Gasteiger partial charge in [-0.25, -0.2) is 0 Å². The van der Waals surface area contributed by atoms with Crippen molar-refractivity contribution < 1.29 is 0 Å². The SMILES string of the molecule is CCC(N)Cc1ccc(N(CC)CC)c(Br)c1. The van der Waals surface area contributed by atoms with Gasteiger partial charge < -0.3 is 10.6 Å². The Morgan fingerprint density at radius 2 is 1.88 bits per heavy atom. The molecule has 1 atom stereocenters. The number of hydrogen-bond acceptors (Lipinski definition) is 2. The Morgan fingerprint density at radius 3 is 2.35 bits per heavy atom. The standard InChI is InChI=1S/C14H23BrN2/c1-4-12(16)9-11-7-8-14(13(15)10-11)17(5-2)6-3/h7-8,10,12H,4-6,9,16H2,1-3H3. The summed E-state index contributed by atoms with van der Waals surface area (Å²) in [5, 5.41) is 0. The third-order valence-electron chi connectivity index (χ3n) is 3.14. The molecule has 0 amide bonds. The summed E-state index contributed by atoms with van der Waals surface area (Å²) in [4.78, 5) is 2.34. The minimum absolute atomic E-state index is 0.265. The minimum atomic E-state index is 0.265. The van der Waals surface area contributed by atoms with E-state index in [4.69, 9.17) is 5.73 Å². The van der Waals surface area contributed by atoms with Crippen molar-refractivity contribution in [1.82, 2.24) is 0 Å². The van der Waals surface area contributed by atoms with Gasteiger partial charge in [0.25, 0.3) is 0 Å². The van der Waals surface area contributed by atoms with E-state index in [-0.39, 0.29) is 6.04 Å². The number of anilines is 1. The second-order valence-corrected chi connectivity index (χ2v) is 5.18. The molecule has 17 heavy (non-hydrogen) atoms. The van der Waals surface area contributed by atoms with E-state index in [9.17, 15) is 0 Å². The Balaban J connectivity index is 2.85. The maximum absolute atomic E-state index is 5.98. The molecule has 0 saturated carbocycles. The molecule has 0 heterocycles. The number of halogens is 1. The van der Waals surface area contributed by atoms with Gasteiger partial charge in [0.05, 0.1) is 5.69 Å². The van der Waals surface area contributed by atoms with E-state index < -0.39 is 0 Å². The molecule has 2 N–H and O–H groups in total. The van der Waals surface area contributed by atoms with Crippen molar-refractivity contribution >= 4 is 21.6 Å². The summed E-state index contributed by atoms with van der Waals surface area (Å²) in [6.45, 7) is 8.55. The van der Waals surface area contributed by atoms with Crippen molar-refractivity contribution in [2.75, 3.05) is 18.0 Å². The summed E-state index contributed by atoms with van der Waals surface area (Å²) in [5.41, 5.74) is 8.55. The van der Waals surface area contributed by atoms with Crippen molar-refractivity contribution in [1.29, 1.82) is 0 Å². The zero-order valence-corrected chi connectivity index (χ0v) is 12.6. The first-order valence-electron chi connectivity index (χ1n) is 6.41. The van der Waals surface area contributed by atoms with E-state index in [1.165, 1.54) is 15.7 Å². The molecule has 96 valence electrons. The lowest BCUT2D eigenvalue weighted by molar-refractivity contribution is 0.646. The van der Waals surface area contributed by atoms with Crippen molar-refractivity contribution in [2.45, 2.75) is 39.7 Å². The predicted octanol–water partition coefficient (Wildman–Crippen LogP) is 3.58. The number of nitrogens with two attached hydrogens (primary N) is 1. The Labute approximate surface area is 113 Å². The number of rotatable bonds is 6. The van der Waals surface area contributed by atoms with Crippen LogP contribution in [0.15, 0.2) is 22.7 Å². The Morgan fingerprint density at radius 1 is 1.24 bits per heavy atom. The highest BCUT2D eigenvalue weighted by Gasteiger charge is 2.08. The highest BCUT2D eigenvalue weighted by Crippen LogP contribution is 2.27. The number of hydrogen-bond donors (Lipinski definition) is 1. The van der Waals surface area contributed by atoms with Crippen molar-refractivity contribution in [3.05, 3.63) is 28.2 Å². The quantitative estimate of drug-likeness (QED) is 0.870. The number of nitrogens with zero attached hydrogens (tertiary/aromatic N) is 1. The zero-order valence-electron chi connectivity index (χ0n) is 11.0. The molecule has 0 radical (unpaired) electrons. The van der Waals surface area contributed by atoms with E-state index in [1.807, 2.05) is 0 Å². The molecule has 0 aliphatic carbocycles. The highest BCUT2D eigenvalue weighted by atomic mass is 79.9. The molecule has 1 unspecified atom stereocenters. The molecule has 0 aliphatic rings. The van der Waals surface area contributed by atoms with Crippen LogP contribution in [0.5, 0.6) is 0 Å². The average molecular weight is 299 g/mol. The van der Waals surface area contributed by atoms with Gasteiger partial charge in [0.15, 0.2) is 0 Å². The zero-order chi connectivity index (χ0) is 12.8. The van der Waals surface area contributed by atoms with Gasteiger partial charge in [-0.1, -0.05) is 13.0 Å². The summed E-state index contributed by atoms with van der Waals surface area (Å²) in [7, 11) is 0. The maximum atomic E-state index is 5.98. The van der Waals surface area contributed by atoms with Gasteiger partial charge in [-0.3, -0.25) is 0 Å². The molecule has 0 bridgehead atoms. The van der Waals surface area contributed by atoms with Gasteiger partial charge in [-0.15, -0.1) is 0 Å². The topological polar surface area (TPSA) is 29.3 Å². The van der Waals surface area contributed by atoms with Gasteiger partial charge in [-0.05, 0) is 60.3 Å². The fourth-order valence-corrected chi connectivity index (χ4v) is 2.62. The van der Waals surface area contributed by atoms with Crippen LogP contribution in [0.1, 0.15) is 32.8 Å². The first-order chi connectivity index (χ1) is 8.12. The van der Waals surface area contributed by atoms with Gasteiger partial charge in [0, 0.05) is 23.6 Å². The van der Waals surface area contributed by atoms with Crippen LogP contribution in [0.4, 0.5) is 5.69 Å². The van der Waals surface area contributed by atoms with Crippen LogP contribution in [0.25, 0.3) is 0 Å². The third-order valence-corrected chi connectivity index (χ3v) is 3.77. The first kappa shape index (κ1) is 14.5. The largest absolute Gasteiger partial charge is 0.371 e. The summed E-state index contributed by atoms with van der Waals surface area (Å²) in [5.74, 6) is 0. The van der Waals surface area contributed by atoms with Crippen LogP contribution >= 0.6 is 15.9 Å². The van der Waals surface area contributed by atoms with Gasteiger partial charge in [0.1, 0.15) is 0 Å². The lowest BCUT2D eigenvalue weighted by Gasteiger charge is -2.23. The maximum Gasteiger partial charge on any atom is 0.0510 e. The molecule has 0 fully saturated rings. The summed E-state index contributed by atoms with van der Waals surface area (Å²) in [6, 6.07) is 6.84. The lowest BCUT2D eigenvalue weighted by Crippen LogP contribution is -2.23. The molecule has 1 aromatic carbocycles. The van der Waals surface area contributed by atoms with Crippen LogP contribution in [0, 0.1) is 0 Å². The monoisotopic (exact) mass is 298 g/mol. The van der Waals surface area contributed by atoms with Crippen LogP contribution in [0.3, 0.4) is 0 Å². The van der Waals surface area contributed by atoms with E-state index in [0.29, 0.717) is 0 Å². The molecule has 1 aromatic rings. The summed E-state index contributed by atoms with van der Waals surface area (Å²) >= 11 is 3.66. The van der Waals surface area contributed by atoms with E-state index in [1.54, 1.807) is 0 Å². The molecule has 0 saturated heterocycles. The molecule has 3 heteroatoms. The average Bonchev–Trinajstić information content (AvgIpc) is 2.33. The normalized spacial score (nSPS) is 12.5. The first-order valence-corrected chi connectivity index (χ1v) is 7.20. The Hall–Kier alpha value is -0.540. The third kappa shape index (κ3) is 4.00. The molecular weight excluding hydrogens is 276 g/mol. The van der Waals surface area contributed by atoms with Crippen molar-refractivity contribution in [2.24, 2.45) is 5.73 Å². The van der Waals surface area contributed by atoms with Gasteiger partial charge >= 0.3 is 0 Å². The summed E-state index contributed by atoms with van der Waals surface area (Å²) < 4.78 is 1.17. The molecule has 0 aromatic heterocycles. The van der Waals surface area contributed by atoms with Gasteiger partial charge in [-0.2, -0.15) is 0 Å². The smallest absolute Gasteiger partial charge is 0.0510 e. The predicted molar refractivity (Wildman–Crippen MR) is 79.7 cm³/mol. The molecule has 1 rings (SSSR count). The minimum Gasteiger partial charge on any atom is -0.371 e. The van der Waals surface area contributed by atoms with Crippen LogP contribution in [0.2, 0.25) is 0 Å². The van der Waals surface area contributed by atoms with Crippen LogP contribution in [-0.4, -0.2) is 19.1 Å². The van der Waals surface area contributed by atoms with Gasteiger partial charge in [0.2, 0.25) is 0 Å². The Kier molecular flexibility index (Phi) is 6.00. The van der Waals surface area contributed by atoms with Crippen LogP contribution < -0.4 is 10.6 Å². The molecule has 2 nitrogen and oxygen atoms in total. The Bertz CT molecular complexity index is 348. The molecule has 0 spiro atoms. The second-order valence-electron chi connectivity index (χ2n) is 4.33. The summed E-state index contributed by atoms with van der Waals surface area (Å²) in [6.07, 6.45) is 1.98. The fraction of sp³-hybridized carbons (Fsp3) is 0.571. The van der Waals surface area contributed by atoms with Crippen LogP contribution in [-0.2, 0) is 6.42 Å². The number of benzene rings is 1. The fourth-order valence-electron chi connectivity index (χ4n) is 1.95. The molecular formula is C14H23BrN2. The van der Waals surface area contributed by atoms with Crippen molar-refractivity contribution in [3.8, 4) is 0 Å². The second kappa shape index (κ2) is 7.02. The molecule has 0 aliphatic heterocycles. The van der Waals surface area contributed by atoms with E-state index in [2.05, 4.69) is 59.8 Å². The highest BCUT2D eigenvalue weighted by molar-refractivity contribution is 9.10.